The minimum atomic E-state index is -4.71. The van der Waals surface area contributed by atoms with Gasteiger partial charge in [0.1, 0.15) is 0 Å². The van der Waals surface area contributed by atoms with Crippen molar-refractivity contribution in [2.24, 2.45) is 0 Å². The maximum Gasteiger partial charge on any atom is 1.00 e. The third-order valence-electron chi connectivity index (χ3n) is 2.40. The molecule has 78 valence electrons. The molecule has 1 saturated heterocycles. The van der Waals surface area contributed by atoms with Crippen LogP contribution in [0.15, 0.2) is 0 Å². The summed E-state index contributed by atoms with van der Waals surface area (Å²) in [5, 5.41) is 0. The standard InChI is InChI=1S/C7H14BF3NO.K/c1-6-7(3-4-13-6)12(2)5-8(9,10)11;/h6-7H,3-5H2,1-2H3;/q-1;+1. The van der Waals surface area contributed by atoms with Gasteiger partial charge in [-0.2, -0.15) is 0 Å². The monoisotopic (exact) mass is 235 g/mol. The molecule has 0 radical (unpaired) electrons. The maximum absolute atomic E-state index is 12.1. The van der Waals surface area contributed by atoms with Gasteiger partial charge in [0, 0.05) is 12.6 Å². The third-order valence-corrected chi connectivity index (χ3v) is 2.40. The zero-order chi connectivity index (χ0) is 10.1. The van der Waals surface area contributed by atoms with E-state index in [0.717, 1.165) is 0 Å². The number of likely N-dealkylation sites (N-methyl/N-ethyl adjacent to an activating group) is 1. The van der Waals surface area contributed by atoms with Gasteiger partial charge in [0.05, 0.1) is 6.10 Å². The molecule has 0 aromatic rings. The Balaban J connectivity index is 0.00000169. The van der Waals surface area contributed by atoms with Gasteiger partial charge in [-0.1, -0.05) is 0 Å². The molecular formula is C7H14BF3KNO. The third kappa shape index (κ3) is 4.96. The molecule has 0 N–H and O–H groups in total. The molecule has 1 aliphatic rings. The Morgan fingerprint density at radius 1 is 1.43 bits per heavy atom. The van der Waals surface area contributed by atoms with Gasteiger partial charge < -0.3 is 22.6 Å². The van der Waals surface area contributed by atoms with Gasteiger partial charge in [-0.15, -0.1) is 0 Å². The summed E-state index contributed by atoms with van der Waals surface area (Å²) in [7, 11) is 1.51. The molecule has 14 heavy (non-hydrogen) atoms. The van der Waals surface area contributed by atoms with E-state index in [1.165, 1.54) is 11.9 Å². The van der Waals surface area contributed by atoms with E-state index in [1.807, 2.05) is 6.92 Å². The van der Waals surface area contributed by atoms with E-state index in [4.69, 9.17) is 4.74 Å². The summed E-state index contributed by atoms with van der Waals surface area (Å²) in [5.74, 6) is 0. The number of rotatable bonds is 3. The average Bonchev–Trinajstić information content (AvgIpc) is 2.30. The van der Waals surface area contributed by atoms with Gasteiger partial charge in [0.25, 0.3) is 0 Å². The van der Waals surface area contributed by atoms with E-state index >= 15 is 0 Å². The normalized spacial score (nSPS) is 27.9. The summed E-state index contributed by atoms with van der Waals surface area (Å²) in [5.41, 5.74) is 0. The van der Waals surface area contributed by atoms with Crippen molar-refractivity contribution < 1.29 is 69.1 Å². The second kappa shape index (κ2) is 6.22. The van der Waals surface area contributed by atoms with Crippen molar-refractivity contribution in [3.05, 3.63) is 0 Å². The molecule has 0 spiro atoms. The summed E-state index contributed by atoms with van der Waals surface area (Å²) in [4.78, 5) is 1.34. The average molecular weight is 235 g/mol. The first kappa shape index (κ1) is 15.4. The largest absolute Gasteiger partial charge is 1.00 e. The van der Waals surface area contributed by atoms with Crippen molar-refractivity contribution >= 4 is 6.98 Å². The van der Waals surface area contributed by atoms with Gasteiger partial charge in [-0.25, -0.2) is 0 Å². The first-order valence-electron chi connectivity index (χ1n) is 4.43. The Kier molecular flexibility index (Phi) is 6.85. The molecule has 0 aromatic carbocycles. The van der Waals surface area contributed by atoms with Gasteiger partial charge in [-0.3, -0.25) is 0 Å². The number of ether oxygens (including phenoxy) is 1. The SMILES string of the molecule is CC1OCCC1N(C)C[B-](F)(F)F.[K+]. The van der Waals surface area contributed by atoms with E-state index in [0.29, 0.717) is 13.0 Å². The second-order valence-corrected chi connectivity index (χ2v) is 3.58. The van der Waals surface area contributed by atoms with E-state index in [2.05, 4.69) is 0 Å². The fourth-order valence-corrected chi connectivity index (χ4v) is 1.76. The molecule has 1 aliphatic heterocycles. The fraction of sp³-hybridized carbons (Fsp3) is 1.00. The molecule has 1 heterocycles. The van der Waals surface area contributed by atoms with Crippen LogP contribution in [-0.4, -0.2) is 44.1 Å². The van der Waals surface area contributed by atoms with Crippen LogP contribution in [-0.2, 0) is 4.74 Å². The first-order chi connectivity index (χ1) is 5.90. The number of hydrogen-bond acceptors (Lipinski definition) is 2. The number of hydrogen-bond donors (Lipinski definition) is 0. The number of halogens is 3. The molecule has 0 bridgehead atoms. The summed E-state index contributed by atoms with van der Waals surface area (Å²) < 4.78 is 41.4. The first-order valence-corrected chi connectivity index (χ1v) is 4.43. The maximum atomic E-state index is 12.1. The van der Waals surface area contributed by atoms with E-state index in [1.54, 1.807) is 0 Å². The van der Waals surface area contributed by atoms with Crippen LogP contribution in [0.1, 0.15) is 13.3 Å². The molecule has 0 aromatic heterocycles. The van der Waals surface area contributed by atoms with E-state index in [-0.39, 0.29) is 63.5 Å². The smallest absolute Gasteiger partial charge is 0.448 e. The van der Waals surface area contributed by atoms with Crippen molar-refractivity contribution in [3.8, 4) is 0 Å². The van der Waals surface area contributed by atoms with Crippen LogP contribution < -0.4 is 51.4 Å². The molecule has 1 fully saturated rings. The Morgan fingerprint density at radius 2 is 2.00 bits per heavy atom. The molecule has 2 atom stereocenters. The van der Waals surface area contributed by atoms with Crippen molar-refractivity contribution in [2.45, 2.75) is 25.5 Å². The fourth-order valence-electron chi connectivity index (χ4n) is 1.76. The predicted molar refractivity (Wildman–Crippen MR) is 45.5 cm³/mol. The van der Waals surface area contributed by atoms with Crippen LogP contribution in [0.2, 0.25) is 0 Å². The van der Waals surface area contributed by atoms with Gasteiger partial charge in [-0.05, 0) is 26.8 Å². The summed E-state index contributed by atoms with van der Waals surface area (Å²) >= 11 is 0. The van der Waals surface area contributed by atoms with Crippen molar-refractivity contribution in [3.63, 3.8) is 0 Å². The predicted octanol–water partition coefficient (Wildman–Crippen LogP) is -1.51. The topological polar surface area (TPSA) is 12.5 Å². The molecule has 0 aliphatic carbocycles. The van der Waals surface area contributed by atoms with Crippen molar-refractivity contribution in [1.29, 1.82) is 0 Å². The van der Waals surface area contributed by atoms with Gasteiger partial charge >= 0.3 is 58.4 Å². The zero-order valence-corrected chi connectivity index (χ0v) is 12.0. The molecule has 0 saturated carbocycles. The van der Waals surface area contributed by atoms with E-state index in [9.17, 15) is 12.9 Å². The molecule has 2 nitrogen and oxygen atoms in total. The summed E-state index contributed by atoms with van der Waals surface area (Å²) in [6.45, 7) is -2.33. The van der Waals surface area contributed by atoms with Crippen LogP contribution >= 0.6 is 0 Å². The zero-order valence-electron chi connectivity index (χ0n) is 8.84. The number of nitrogens with zero attached hydrogens (tertiary/aromatic N) is 1. The van der Waals surface area contributed by atoms with Crippen molar-refractivity contribution in [1.82, 2.24) is 4.90 Å². The van der Waals surface area contributed by atoms with E-state index < -0.39 is 13.4 Å². The van der Waals surface area contributed by atoms with Crippen LogP contribution in [0.25, 0.3) is 0 Å². The molecule has 2 unspecified atom stereocenters. The Hall–Kier alpha value is 1.41. The van der Waals surface area contributed by atoms with Crippen LogP contribution in [0.4, 0.5) is 12.9 Å². The Bertz CT molecular complexity index is 181. The Morgan fingerprint density at radius 3 is 2.36 bits per heavy atom. The van der Waals surface area contributed by atoms with Crippen LogP contribution in [0.5, 0.6) is 0 Å². The minimum Gasteiger partial charge on any atom is -0.448 e. The summed E-state index contributed by atoms with van der Waals surface area (Å²) in [6.07, 6.45) is -0.175. The van der Waals surface area contributed by atoms with Crippen LogP contribution in [0.3, 0.4) is 0 Å². The molecule has 1 rings (SSSR count). The van der Waals surface area contributed by atoms with Crippen LogP contribution in [0, 0.1) is 0 Å². The Labute approximate surface area is 125 Å². The quantitative estimate of drug-likeness (QED) is 0.551. The second-order valence-electron chi connectivity index (χ2n) is 3.58. The summed E-state index contributed by atoms with van der Waals surface area (Å²) in [6, 6.07) is -0.0801. The molecular weight excluding hydrogens is 221 g/mol. The molecule has 7 heteroatoms. The van der Waals surface area contributed by atoms with Gasteiger partial charge in [0.2, 0.25) is 0 Å². The molecule has 0 amide bonds. The van der Waals surface area contributed by atoms with Crippen molar-refractivity contribution in [2.75, 3.05) is 20.1 Å². The minimum absolute atomic E-state index is 0. The van der Waals surface area contributed by atoms with Gasteiger partial charge in [0.15, 0.2) is 0 Å².